The lowest BCUT2D eigenvalue weighted by molar-refractivity contribution is 0.470. The minimum Gasteiger partial charge on any atom is -0.396 e. The van der Waals surface area contributed by atoms with Crippen molar-refractivity contribution in [3.63, 3.8) is 0 Å². The van der Waals surface area contributed by atoms with Crippen molar-refractivity contribution in [2.75, 3.05) is 12.3 Å². The molecule has 0 unspecified atom stereocenters. The van der Waals surface area contributed by atoms with Crippen LogP contribution in [0.3, 0.4) is 0 Å². The summed E-state index contributed by atoms with van der Waals surface area (Å²) in [5.74, 6) is -3.14. The molecule has 0 bridgehead atoms. The molecule has 1 heterocycles. The second kappa shape index (κ2) is 3.73. The van der Waals surface area contributed by atoms with Gasteiger partial charge in [-0.3, -0.25) is 0 Å². The number of benzene rings is 1. The summed E-state index contributed by atoms with van der Waals surface area (Å²) < 4.78 is 39.5. The van der Waals surface area contributed by atoms with Crippen LogP contribution in [0.2, 0.25) is 0 Å². The van der Waals surface area contributed by atoms with Gasteiger partial charge >= 0.3 is 0 Å². The third-order valence-corrected chi connectivity index (χ3v) is 2.66. The highest BCUT2D eigenvalue weighted by Gasteiger charge is 2.26. The van der Waals surface area contributed by atoms with Crippen LogP contribution in [0.15, 0.2) is 6.07 Å². The third-order valence-electron chi connectivity index (χ3n) is 2.66. The van der Waals surface area contributed by atoms with Crippen molar-refractivity contribution in [3.8, 4) is 0 Å². The molecule has 1 aromatic rings. The molecule has 2 nitrogen and oxygen atoms in total. The van der Waals surface area contributed by atoms with Crippen LogP contribution in [0.4, 0.5) is 18.9 Å². The SMILES string of the molecule is Nc1c(F)cc(F)c(F)c1[C@@H]1CCCN1. The average molecular weight is 216 g/mol. The standard InChI is InChI=1S/C10H11F3N2/c11-5-4-6(12)10(14)8(9(5)13)7-2-1-3-15-7/h4,7,15H,1-3,14H2/t7-/m0/s1. The minimum atomic E-state index is -1.19. The van der Waals surface area contributed by atoms with Crippen molar-refractivity contribution < 1.29 is 13.2 Å². The fraction of sp³-hybridized carbons (Fsp3) is 0.400. The highest BCUT2D eigenvalue weighted by molar-refractivity contribution is 5.51. The van der Waals surface area contributed by atoms with Crippen molar-refractivity contribution in [2.45, 2.75) is 18.9 Å². The molecular formula is C10H11F3N2. The summed E-state index contributed by atoms with van der Waals surface area (Å²) in [4.78, 5) is 0. The molecule has 1 aliphatic heterocycles. The molecule has 3 N–H and O–H groups in total. The Balaban J connectivity index is 2.52. The molecule has 2 rings (SSSR count). The minimum absolute atomic E-state index is 0.0787. The normalized spacial score (nSPS) is 20.9. The van der Waals surface area contributed by atoms with Crippen molar-refractivity contribution >= 4 is 5.69 Å². The molecule has 0 amide bonds. The first kappa shape index (κ1) is 10.3. The Morgan fingerprint density at radius 1 is 1.27 bits per heavy atom. The van der Waals surface area contributed by atoms with E-state index in [0.717, 1.165) is 6.42 Å². The maximum Gasteiger partial charge on any atom is 0.165 e. The maximum absolute atomic E-state index is 13.4. The van der Waals surface area contributed by atoms with E-state index in [0.29, 0.717) is 19.0 Å². The fourth-order valence-electron chi connectivity index (χ4n) is 1.90. The van der Waals surface area contributed by atoms with Gasteiger partial charge in [0.1, 0.15) is 5.82 Å². The zero-order valence-corrected chi connectivity index (χ0v) is 7.99. The number of anilines is 1. The van der Waals surface area contributed by atoms with Crippen LogP contribution < -0.4 is 11.1 Å². The van der Waals surface area contributed by atoms with Crippen molar-refractivity contribution in [1.82, 2.24) is 5.32 Å². The average Bonchev–Trinajstić information content (AvgIpc) is 2.69. The molecule has 1 atom stereocenters. The number of nitrogens with two attached hydrogens (primary N) is 1. The highest BCUT2D eigenvalue weighted by atomic mass is 19.2. The summed E-state index contributed by atoms with van der Waals surface area (Å²) in [5, 5.41) is 2.96. The van der Waals surface area contributed by atoms with Crippen LogP contribution in [0.5, 0.6) is 0 Å². The number of halogens is 3. The van der Waals surface area contributed by atoms with Gasteiger partial charge < -0.3 is 11.1 Å². The first-order valence-electron chi connectivity index (χ1n) is 4.77. The first-order valence-corrected chi connectivity index (χ1v) is 4.77. The number of hydrogen-bond acceptors (Lipinski definition) is 2. The van der Waals surface area contributed by atoms with Gasteiger partial charge in [-0.05, 0) is 19.4 Å². The van der Waals surface area contributed by atoms with Crippen LogP contribution >= 0.6 is 0 Å². The van der Waals surface area contributed by atoms with Gasteiger partial charge in [0, 0.05) is 17.7 Å². The van der Waals surface area contributed by atoms with E-state index < -0.39 is 17.5 Å². The van der Waals surface area contributed by atoms with Gasteiger partial charge in [-0.1, -0.05) is 0 Å². The molecule has 0 aliphatic carbocycles. The Bertz CT molecular complexity index is 360. The van der Waals surface area contributed by atoms with Crippen LogP contribution in [0.1, 0.15) is 24.4 Å². The van der Waals surface area contributed by atoms with Gasteiger partial charge in [0.05, 0.1) is 5.69 Å². The lowest BCUT2D eigenvalue weighted by atomic mass is 10.0. The fourth-order valence-corrected chi connectivity index (χ4v) is 1.90. The molecule has 1 aliphatic rings. The van der Waals surface area contributed by atoms with Gasteiger partial charge in [-0.2, -0.15) is 0 Å². The molecule has 82 valence electrons. The van der Waals surface area contributed by atoms with E-state index in [1.807, 2.05) is 0 Å². The number of nitrogens with one attached hydrogen (secondary N) is 1. The zero-order valence-electron chi connectivity index (χ0n) is 7.99. The predicted molar refractivity (Wildman–Crippen MR) is 50.7 cm³/mol. The van der Waals surface area contributed by atoms with Crippen LogP contribution in [0, 0.1) is 17.5 Å². The molecule has 0 radical (unpaired) electrons. The maximum atomic E-state index is 13.4. The Morgan fingerprint density at radius 2 is 2.00 bits per heavy atom. The summed E-state index contributed by atoms with van der Waals surface area (Å²) in [5.41, 5.74) is 5.03. The smallest absolute Gasteiger partial charge is 0.165 e. The van der Waals surface area contributed by atoms with Crippen molar-refractivity contribution in [2.24, 2.45) is 0 Å². The molecule has 0 saturated carbocycles. The first-order chi connectivity index (χ1) is 7.11. The van der Waals surface area contributed by atoms with E-state index in [1.54, 1.807) is 0 Å². The second-order valence-corrected chi connectivity index (χ2v) is 3.63. The molecule has 1 fully saturated rings. The molecule has 1 saturated heterocycles. The summed E-state index contributed by atoms with van der Waals surface area (Å²) in [6.45, 7) is 0.710. The lowest BCUT2D eigenvalue weighted by Gasteiger charge is -2.15. The van der Waals surface area contributed by atoms with Gasteiger partial charge in [0.25, 0.3) is 0 Å². The molecule has 0 aromatic heterocycles. The summed E-state index contributed by atoms with van der Waals surface area (Å²) in [6, 6.07) is 0.0959. The predicted octanol–water partition coefficient (Wildman–Crippen LogP) is 2.11. The topological polar surface area (TPSA) is 38.0 Å². The van der Waals surface area contributed by atoms with E-state index in [4.69, 9.17) is 5.73 Å². The highest BCUT2D eigenvalue weighted by Crippen LogP contribution is 2.32. The van der Waals surface area contributed by atoms with Crippen molar-refractivity contribution in [1.29, 1.82) is 0 Å². The van der Waals surface area contributed by atoms with Crippen LogP contribution in [0.25, 0.3) is 0 Å². The Morgan fingerprint density at radius 3 is 2.60 bits per heavy atom. The number of rotatable bonds is 1. The number of nitrogen functional groups attached to an aromatic ring is 1. The summed E-state index contributed by atoms with van der Waals surface area (Å²) in [7, 11) is 0. The Kier molecular flexibility index (Phi) is 2.56. The lowest BCUT2D eigenvalue weighted by Crippen LogP contribution is -2.17. The van der Waals surface area contributed by atoms with E-state index in [-0.39, 0.29) is 17.3 Å². The van der Waals surface area contributed by atoms with Crippen LogP contribution in [-0.4, -0.2) is 6.54 Å². The van der Waals surface area contributed by atoms with Gasteiger partial charge in [-0.15, -0.1) is 0 Å². The van der Waals surface area contributed by atoms with E-state index >= 15 is 0 Å². The van der Waals surface area contributed by atoms with E-state index in [1.165, 1.54) is 0 Å². The van der Waals surface area contributed by atoms with Crippen LogP contribution in [-0.2, 0) is 0 Å². The summed E-state index contributed by atoms with van der Waals surface area (Å²) in [6.07, 6.45) is 1.49. The van der Waals surface area contributed by atoms with E-state index in [2.05, 4.69) is 5.32 Å². The zero-order chi connectivity index (χ0) is 11.0. The molecule has 1 aromatic carbocycles. The molecule has 0 spiro atoms. The second-order valence-electron chi connectivity index (χ2n) is 3.63. The van der Waals surface area contributed by atoms with Crippen molar-refractivity contribution in [3.05, 3.63) is 29.1 Å². The van der Waals surface area contributed by atoms with E-state index in [9.17, 15) is 13.2 Å². The molecule has 15 heavy (non-hydrogen) atoms. The van der Waals surface area contributed by atoms with Gasteiger partial charge in [0.2, 0.25) is 0 Å². The Labute approximate surface area is 85.3 Å². The monoisotopic (exact) mass is 216 g/mol. The van der Waals surface area contributed by atoms with Gasteiger partial charge in [-0.25, -0.2) is 13.2 Å². The number of hydrogen-bond donors (Lipinski definition) is 2. The largest absolute Gasteiger partial charge is 0.396 e. The van der Waals surface area contributed by atoms with Gasteiger partial charge in [0.15, 0.2) is 11.6 Å². The third kappa shape index (κ3) is 1.67. The Hall–Kier alpha value is -1.23. The quantitative estimate of drug-likeness (QED) is 0.557. The molecule has 5 heteroatoms. The summed E-state index contributed by atoms with van der Waals surface area (Å²) >= 11 is 0. The molecular weight excluding hydrogens is 205 g/mol.